The number of thiol groups is 2. The van der Waals surface area contributed by atoms with E-state index in [1.54, 1.807) is 0 Å². The van der Waals surface area contributed by atoms with Gasteiger partial charge in [0.15, 0.2) is 5.96 Å². The predicted molar refractivity (Wildman–Crippen MR) is 240 cm³/mol. The highest BCUT2D eigenvalue weighted by Crippen LogP contribution is 2.20. The maximum atomic E-state index is 13.9. The molecule has 0 bridgehead atoms. The van der Waals surface area contributed by atoms with Crippen LogP contribution in [0, 0.1) is 0 Å². The molecule has 8 amide bonds. The third-order valence-corrected chi connectivity index (χ3v) is 10.7. The Labute approximate surface area is 394 Å². The van der Waals surface area contributed by atoms with E-state index in [1.165, 1.54) is 6.92 Å². The zero-order chi connectivity index (χ0) is 51.3. The van der Waals surface area contributed by atoms with Crippen molar-refractivity contribution in [2.45, 2.75) is 132 Å². The summed E-state index contributed by atoms with van der Waals surface area (Å²) in [4.78, 5) is 146. The van der Waals surface area contributed by atoms with Crippen molar-refractivity contribution < 1.29 is 78.3 Å². The summed E-state index contributed by atoms with van der Waals surface area (Å²) in [6, 6.07) is -14.0. The Morgan fingerprint density at radius 1 is 0.657 bits per heavy atom. The van der Waals surface area contributed by atoms with Gasteiger partial charge < -0.3 is 84.9 Å². The van der Waals surface area contributed by atoms with E-state index in [9.17, 15) is 73.2 Å². The third kappa shape index (κ3) is 20.2. The average molecular weight is 995 g/mol. The van der Waals surface area contributed by atoms with Crippen molar-refractivity contribution in [2.75, 3.05) is 24.6 Å². The normalized spacial score (nSPS) is 17.7. The molecule has 378 valence electrons. The highest BCUT2D eigenvalue weighted by molar-refractivity contribution is 7.80. The number of carbonyl (C=O) groups excluding carboxylic acids is 8. The van der Waals surface area contributed by atoms with Crippen LogP contribution in [-0.4, -0.2) is 193 Å². The fraction of sp³-hybridized carbons (Fsp3) is 0.676. The SMILES string of the molecule is C[C@H](NC(=O)[C@H](CCC(=O)O)NC(=O)[C@@H](N)CS)C(=O)N[C@H](C(=O)N1CCC[C@H]1C(=O)N[C@@H](CCCN=C(N)N)C(=O)N[C@@H](CC(=O)O)C(=O)N[C@H](C(=O)N[C@@H](CS)C(=O)O)[C@@H](C)O)[C@@H](C)O. The molecule has 0 unspecified atom stereocenters. The molecule has 0 spiro atoms. The fourth-order valence-corrected chi connectivity index (χ4v) is 6.64. The summed E-state index contributed by atoms with van der Waals surface area (Å²) < 4.78 is 0. The van der Waals surface area contributed by atoms with Crippen molar-refractivity contribution in [2.24, 2.45) is 22.2 Å². The van der Waals surface area contributed by atoms with Crippen LogP contribution in [0.3, 0.4) is 0 Å². The van der Waals surface area contributed by atoms with E-state index in [0.29, 0.717) is 0 Å². The molecule has 30 heteroatoms. The number of aliphatic hydroxyl groups excluding tert-OH is 2. The first-order valence-electron chi connectivity index (χ1n) is 20.7. The van der Waals surface area contributed by atoms with E-state index in [0.717, 1.165) is 18.7 Å². The van der Waals surface area contributed by atoms with Gasteiger partial charge >= 0.3 is 17.9 Å². The van der Waals surface area contributed by atoms with E-state index >= 15 is 0 Å². The zero-order valence-corrected chi connectivity index (χ0v) is 38.7. The van der Waals surface area contributed by atoms with Gasteiger partial charge in [0.2, 0.25) is 47.3 Å². The number of nitrogens with one attached hydrogen (secondary N) is 7. The lowest BCUT2D eigenvalue weighted by Crippen LogP contribution is -2.62. The Morgan fingerprint density at radius 3 is 1.72 bits per heavy atom. The minimum atomic E-state index is -1.95. The molecule has 0 aromatic carbocycles. The van der Waals surface area contributed by atoms with Crippen LogP contribution in [0.25, 0.3) is 0 Å². The summed E-state index contributed by atoms with van der Waals surface area (Å²) in [7, 11) is 0. The fourth-order valence-electron chi connectivity index (χ4n) is 6.23. The van der Waals surface area contributed by atoms with Gasteiger partial charge in [0.25, 0.3) is 0 Å². The molecule has 67 heavy (non-hydrogen) atoms. The second kappa shape index (κ2) is 28.9. The molecular formula is C37H62N12O16S2. The van der Waals surface area contributed by atoms with E-state index in [2.05, 4.69) is 67.5 Å². The molecule has 1 aliphatic heterocycles. The van der Waals surface area contributed by atoms with Crippen molar-refractivity contribution in [3.8, 4) is 0 Å². The Balaban J connectivity index is 3.33. The van der Waals surface area contributed by atoms with Crippen LogP contribution in [0.5, 0.6) is 0 Å². The number of carboxylic acids is 3. The standard InChI is InChI=1S/C37H62N12O16S2/c1-15(42-30(58)20(8-9-24(52)53)43-29(57)18(38)13-66)28(56)48-27(17(3)51)35(63)49-11-5-7-23(49)33(61)44-19(6-4-10-41-37(39)40)31(59)45-21(12-25(54)55)32(60)47-26(16(2)50)34(62)46-22(14-67)36(64)65/h15-23,26-27,50-51,66-67H,4-14,38H2,1-3H3,(H,42,58)(H,43,57)(H,44,61)(H,45,59)(H,46,62)(H,47,60)(H,48,56)(H,52,53)(H,54,55)(H,64,65)(H4,39,40,41)/t15-,16+,17+,18-,19-,20-,21-,22-,23-,26-,27-/m0/s1. The Kier molecular flexibility index (Phi) is 25.5. The first-order chi connectivity index (χ1) is 31.2. The van der Waals surface area contributed by atoms with Crippen molar-refractivity contribution in [1.82, 2.24) is 42.1 Å². The molecule has 1 heterocycles. The second-order valence-electron chi connectivity index (χ2n) is 15.4. The van der Waals surface area contributed by atoms with Gasteiger partial charge in [0.05, 0.1) is 24.7 Å². The number of nitrogens with zero attached hydrogens (tertiary/aromatic N) is 2. The molecule has 18 N–H and O–H groups in total. The number of aliphatic hydroxyl groups is 2. The molecule has 1 aliphatic rings. The van der Waals surface area contributed by atoms with Crippen LogP contribution in [0.4, 0.5) is 0 Å². The van der Waals surface area contributed by atoms with Crippen molar-refractivity contribution in [3.63, 3.8) is 0 Å². The topological polar surface area (TPSA) is 467 Å². The number of aliphatic carboxylic acids is 3. The highest BCUT2D eigenvalue weighted by Gasteiger charge is 2.41. The van der Waals surface area contributed by atoms with Crippen molar-refractivity contribution in [3.05, 3.63) is 0 Å². The summed E-state index contributed by atoms with van der Waals surface area (Å²) >= 11 is 7.76. The molecule has 0 saturated carbocycles. The number of hydrogen-bond acceptors (Lipinski definition) is 17. The molecule has 1 saturated heterocycles. The van der Waals surface area contributed by atoms with Gasteiger partial charge in [-0.15, -0.1) is 0 Å². The minimum absolute atomic E-state index is 0.00989. The number of carboxylic acid groups (broad SMARTS) is 3. The molecule has 0 radical (unpaired) electrons. The lowest BCUT2D eigenvalue weighted by Gasteiger charge is -2.31. The summed E-state index contributed by atoms with van der Waals surface area (Å²) in [6.45, 7) is 3.28. The lowest BCUT2D eigenvalue weighted by atomic mass is 10.1. The maximum absolute atomic E-state index is 13.9. The van der Waals surface area contributed by atoms with Gasteiger partial charge in [-0.1, -0.05) is 0 Å². The first kappa shape index (κ1) is 59.0. The number of amides is 8. The minimum Gasteiger partial charge on any atom is -0.481 e. The van der Waals surface area contributed by atoms with Gasteiger partial charge in [-0.05, 0) is 52.9 Å². The van der Waals surface area contributed by atoms with Crippen LogP contribution >= 0.6 is 25.3 Å². The maximum Gasteiger partial charge on any atom is 0.327 e. The number of guanidine groups is 1. The second-order valence-corrected chi connectivity index (χ2v) is 16.1. The van der Waals surface area contributed by atoms with Gasteiger partial charge in [-0.25, -0.2) is 4.79 Å². The molecule has 1 rings (SSSR count). The monoisotopic (exact) mass is 994 g/mol. The number of rotatable bonds is 29. The van der Waals surface area contributed by atoms with E-state index in [1.807, 2.05) is 0 Å². The smallest absolute Gasteiger partial charge is 0.327 e. The Morgan fingerprint density at radius 2 is 1.19 bits per heavy atom. The largest absolute Gasteiger partial charge is 0.481 e. The molecule has 0 aromatic heterocycles. The van der Waals surface area contributed by atoms with Crippen molar-refractivity contribution in [1.29, 1.82) is 0 Å². The Hall–Kier alpha value is -5.98. The molecule has 0 aromatic rings. The van der Waals surface area contributed by atoms with Gasteiger partial charge in [-0.3, -0.25) is 52.9 Å². The molecule has 1 fully saturated rings. The molecule has 0 aliphatic carbocycles. The summed E-state index contributed by atoms with van der Waals surface area (Å²) in [5.74, 6) is -13.5. The van der Waals surface area contributed by atoms with Crippen LogP contribution < -0.4 is 54.4 Å². The lowest BCUT2D eigenvalue weighted by molar-refractivity contribution is -0.145. The van der Waals surface area contributed by atoms with Gasteiger partial charge in [0, 0.05) is 31.0 Å². The average Bonchev–Trinajstić information content (AvgIpc) is 3.74. The molecule has 11 atom stereocenters. The van der Waals surface area contributed by atoms with Crippen molar-refractivity contribution >= 4 is 96.4 Å². The van der Waals surface area contributed by atoms with Crippen LogP contribution in [-0.2, 0) is 52.7 Å². The highest BCUT2D eigenvalue weighted by atomic mass is 32.1. The predicted octanol–water partition coefficient (Wildman–Crippen LogP) is -7.18. The van der Waals surface area contributed by atoms with E-state index in [-0.39, 0.29) is 62.7 Å². The number of nitrogens with two attached hydrogens (primary N) is 3. The number of carbonyl (C=O) groups is 11. The van der Waals surface area contributed by atoms with E-state index < -0.39 is 145 Å². The van der Waals surface area contributed by atoms with E-state index in [4.69, 9.17) is 22.3 Å². The zero-order valence-electron chi connectivity index (χ0n) is 36.9. The van der Waals surface area contributed by atoms with Gasteiger partial charge in [0.1, 0.15) is 48.3 Å². The number of aliphatic imine (C=N–C) groups is 1. The third-order valence-electron chi connectivity index (χ3n) is 9.90. The quantitative estimate of drug-likeness (QED) is 0.0143. The summed E-state index contributed by atoms with van der Waals surface area (Å²) in [6.07, 6.45) is -5.27. The summed E-state index contributed by atoms with van der Waals surface area (Å²) in [5.41, 5.74) is 16.4. The number of hydrogen-bond donors (Lipinski definition) is 17. The van der Waals surface area contributed by atoms with Gasteiger partial charge in [-0.2, -0.15) is 25.3 Å². The van der Waals surface area contributed by atoms with Crippen LogP contribution in [0.1, 0.15) is 65.7 Å². The summed E-state index contributed by atoms with van der Waals surface area (Å²) in [5, 5.41) is 64.6. The first-order valence-corrected chi connectivity index (χ1v) is 22.0. The Bertz CT molecular complexity index is 1840. The van der Waals surface area contributed by atoms with Crippen LogP contribution in [0.2, 0.25) is 0 Å². The molecule has 28 nitrogen and oxygen atoms in total. The van der Waals surface area contributed by atoms with Crippen LogP contribution in [0.15, 0.2) is 4.99 Å². The molecular weight excluding hydrogens is 933 g/mol. The number of likely N-dealkylation sites (tertiary alicyclic amines) is 1.